The molecule has 4 heteroatoms. The number of rotatable bonds is 4. The average Bonchev–Trinajstić information content (AvgIpc) is 2.49. The number of Topliss-reactive ketones (excluding diaryl/α,β-unsaturated/α-hetero) is 1. The number of allylic oxidation sites excluding steroid dienone is 2. The lowest BCUT2D eigenvalue weighted by molar-refractivity contribution is 0.0887. The standard InChI is InChI=1S/C17H17BrO3/c1-4-11(8-13(5-2)20-3)17-10-15(19)14-9-12(18)6-7-16(14)21-17/h4-9,17H,2,10H2,1,3H3/b11-4+,13-8+. The molecular weight excluding hydrogens is 332 g/mol. The lowest BCUT2D eigenvalue weighted by Crippen LogP contribution is -2.28. The van der Waals surface area contributed by atoms with E-state index < -0.39 is 0 Å². The van der Waals surface area contributed by atoms with E-state index in [4.69, 9.17) is 9.47 Å². The third-order valence-corrected chi connectivity index (χ3v) is 3.83. The van der Waals surface area contributed by atoms with Crippen LogP contribution in [0.15, 0.2) is 58.8 Å². The molecule has 0 N–H and O–H groups in total. The minimum Gasteiger partial charge on any atom is -0.497 e. The first-order valence-electron chi connectivity index (χ1n) is 6.62. The molecule has 0 amide bonds. The Kier molecular flexibility index (Phi) is 5.02. The van der Waals surface area contributed by atoms with Crippen molar-refractivity contribution in [2.75, 3.05) is 7.11 Å². The molecule has 2 rings (SSSR count). The van der Waals surface area contributed by atoms with E-state index in [0.29, 0.717) is 23.5 Å². The smallest absolute Gasteiger partial charge is 0.170 e. The summed E-state index contributed by atoms with van der Waals surface area (Å²) >= 11 is 3.37. The molecule has 0 saturated carbocycles. The van der Waals surface area contributed by atoms with E-state index in [1.807, 2.05) is 31.2 Å². The number of hydrogen-bond donors (Lipinski definition) is 0. The number of halogens is 1. The van der Waals surface area contributed by atoms with E-state index in [9.17, 15) is 4.79 Å². The molecule has 1 aliphatic heterocycles. The Morgan fingerprint density at radius 2 is 2.29 bits per heavy atom. The van der Waals surface area contributed by atoms with Gasteiger partial charge < -0.3 is 9.47 Å². The molecule has 1 aromatic carbocycles. The lowest BCUT2D eigenvalue weighted by atomic mass is 9.95. The summed E-state index contributed by atoms with van der Waals surface area (Å²) in [4.78, 5) is 12.3. The van der Waals surface area contributed by atoms with Gasteiger partial charge in [-0.1, -0.05) is 28.6 Å². The van der Waals surface area contributed by atoms with Crippen molar-refractivity contribution in [3.63, 3.8) is 0 Å². The minimum atomic E-state index is -0.304. The maximum Gasteiger partial charge on any atom is 0.170 e. The highest BCUT2D eigenvalue weighted by Crippen LogP contribution is 2.32. The van der Waals surface area contributed by atoms with Gasteiger partial charge in [0.2, 0.25) is 0 Å². The van der Waals surface area contributed by atoms with Crippen LogP contribution in [0.4, 0.5) is 0 Å². The number of hydrogen-bond acceptors (Lipinski definition) is 3. The van der Waals surface area contributed by atoms with Gasteiger partial charge in [-0.05, 0) is 42.8 Å². The van der Waals surface area contributed by atoms with Gasteiger partial charge in [-0.25, -0.2) is 0 Å². The molecule has 1 aliphatic rings. The Bertz CT molecular complexity index is 629. The number of fused-ring (bicyclic) bond motifs is 1. The van der Waals surface area contributed by atoms with Crippen molar-refractivity contribution in [2.45, 2.75) is 19.4 Å². The topological polar surface area (TPSA) is 35.5 Å². The van der Waals surface area contributed by atoms with Gasteiger partial charge in [0.25, 0.3) is 0 Å². The van der Waals surface area contributed by atoms with Crippen LogP contribution in [0.25, 0.3) is 0 Å². The minimum absolute atomic E-state index is 0.0767. The summed E-state index contributed by atoms with van der Waals surface area (Å²) in [6, 6.07) is 5.47. The largest absolute Gasteiger partial charge is 0.497 e. The predicted molar refractivity (Wildman–Crippen MR) is 86.6 cm³/mol. The number of carbonyl (C=O) groups excluding carboxylic acids is 1. The van der Waals surface area contributed by atoms with Crippen LogP contribution in [0, 0.1) is 0 Å². The Hall–Kier alpha value is -1.81. The summed E-state index contributed by atoms with van der Waals surface area (Å²) < 4.78 is 12.0. The third-order valence-electron chi connectivity index (χ3n) is 3.33. The molecule has 1 atom stereocenters. The zero-order valence-electron chi connectivity index (χ0n) is 12.1. The normalized spacial score (nSPS) is 18.8. The monoisotopic (exact) mass is 348 g/mol. The molecule has 1 aromatic rings. The fourth-order valence-electron chi connectivity index (χ4n) is 2.21. The van der Waals surface area contributed by atoms with Crippen LogP contribution < -0.4 is 4.74 Å². The molecule has 0 spiro atoms. The molecule has 0 fully saturated rings. The van der Waals surface area contributed by atoms with Gasteiger partial charge in [0, 0.05) is 4.47 Å². The molecule has 0 radical (unpaired) electrons. The van der Waals surface area contributed by atoms with E-state index in [1.165, 1.54) is 0 Å². The van der Waals surface area contributed by atoms with Gasteiger partial charge in [-0.15, -0.1) is 0 Å². The zero-order valence-corrected chi connectivity index (χ0v) is 13.6. The maximum absolute atomic E-state index is 12.3. The van der Waals surface area contributed by atoms with Crippen LogP contribution in [0.2, 0.25) is 0 Å². The SMILES string of the molecule is C=C/C(=C\C(=C/C)C1CC(=O)c2cc(Br)ccc2O1)OC. The highest BCUT2D eigenvalue weighted by Gasteiger charge is 2.28. The molecule has 0 aliphatic carbocycles. The Labute approximate surface area is 133 Å². The first kappa shape index (κ1) is 15.6. The zero-order chi connectivity index (χ0) is 15.4. The van der Waals surface area contributed by atoms with Gasteiger partial charge in [0.1, 0.15) is 17.6 Å². The van der Waals surface area contributed by atoms with Gasteiger partial charge >= 0.3 is 0 Å². The Morgan fingerprint density at radius 3 is 2.90 bits per heavy atom. The fourth-order valence-corrected chi connectivity index (χ4v) is 2.57. The fraction of sp³-hybridized carbons (Fsp3) is 0.235. The van der Waals surface area contributed by atoms with Crippen LogP contribution in [0.3, 0.4) is 0 Å². The second-order valence-electron chi connectivity index (χ2n) is 4.62. The maximum atomic E-state index is 12.3. The van der Waals surface area contributed by atoms with Crippen LogP contribution in [-0.4, -0.2) is 19.0 Å². The van der Waals surface area contributed by atoms with Gasteiger partial charge in [0.05, 0.1) is 19.1 Å². The molecule has 110 valence electrons. The van der Waals surface area contributed by atoms with E-state index in [-0.39, 0.29) is 11.9 Å². The van der Waals surface area contributed by atoms with Gasteiger partial charge in [0.15, 0.2) is 5.78 Å². The van der Waals surface area contributed by atoms with Crippen molar-refractivity contribution in [2.24, 2.45) is 0 Å². The second-order valence-corrected chi connectivity index (χ2v) is 5.53. The molecule has 1 heterocycles. The van der Waals surface area contributed by atoms with Gasteiger partial charge in [-0.3, -0.25) is 4.79 Å². The summed E-state index contributed by atoms with van der Waals surface area (Å²) in [5.41, 5.74) is 1.52. The van der Waals surface area contributed by atoms with Crippen molar-refractivity contribution in [3.8, 4) is 5.75 Å². The van der Waals surface area contributed by atoms with Crippen molar-refractivity contribution in [3.05, 3.63) is 64.4 Å². The molecular formula is C17H17BrO3. The lowest BCUT2D eigenvalue weighted by Gasteiger charge is -2.26. The molecule has 3 nitrogen and oxygen atoms in total. The number of carbonyl (C=O) groups is 1. The average molecular weight is 349 g/mol. The van der Waals surface area contributed by atoms with Gasteiger partial charge in [-0.2, -0.15) is 0 Å². The number of benzene rings is 1. The first-order valence-corrected chi connectivity index (χ1v) is 7.42. The molecule has 0 aromatic heterocycles. The Balaban J connectivity index is 2.31. The second kappa shape index (κ2) is 6.76. The number of ether oxygens (including phenoxy) is 2. The van der Waals surface area contributed by atoms with Crippen molar-refractivity contribution in [1.82, 2.24) is 0 Å². The van der Waals surface area contributed by atoms with Crippen molar-refractivity contribution < 1.29 is 14.3 Å². The summed E-state index contributed by atoms with van der Waals surface area (Å²) in [5.74, 6) is 1.33. The molecule has 1 unspecified atom stereocenters. The molecule has 21 heavy (non-hydrogen) atoms. The van der Waals surface area contributed by atoms with Crippen LogP contribution in [0.5, 0.6) is 5.75 Å². The van der Waals surface area contributed by atoms with Crippen LogP contribution >= 0.6 is 15.9 Å². The van der Waals surface area contributed by atoms with E-state index in [2.05, 4.69) is 22.5 Å². The van der Waals surface area contributed by atoms with Crippen molar-refractivity contribution in [1.29, 1.82) is 0 Å². The van der Waals surface area contributed by atoms with Crippen molar-refractivity contribution >= 4 is 21.7 Å². The Morgan fingerprint density at radius 1 is 1.52 bits per heavy atom. The number of methoxy groups -OCH3 is 1. The number of ketones is 1. The highest BCUT2D eigenvalue weighted by molar-refractivity contribution is 9.10. The predicted octanol–water partition coefficient (Wildman–Crippen LogP) is 4.45. The molecule has 0 bridgehead atoms. The first-order chi connectivity index (χ1) is 10.1. The summed E-state index contributed by atoms with van der Waals surface area (Å²) in [7, 11) is 1.58. The summed E-state index contributed by atoms with van der Waals surface area (Å²) in [5, 5.41) is 0. The van der Waals surface area contributed by atoms with E-state index >= 15 is 0 Å². The van der Waals surface area contributed by atoms with E-state index in [1.54, 1.807) is 19.3 Å². The van der Waals surface area contributed by atoms with E-state index in [0.717, 1.165) is 10.0 Å². The third kappa shape index (κ3) is 3.45. The highest BCUT2D eigenvalue weighted by atomic mass is 79.9. The summed E-state index contributed by atoms with van der Waals surface area (Å²) in [6.45, 7) is 5.60. The summed E-state index contributed by atoms with van der Waals surface area (Å²) in [6.07, 6.45) is 5.40. The quantitative estimate of drug-likeness (QED) is 0.595. The van der Waals surface area contributed by atoms with Crippen LogP contribution in [0.1, 0.15) is 23.7 Å². The van der Waals surface area contributed by atoms with Crippen LogP contribution in [-0.2, 0) is 4.74 Å². The molecule has 0 saturated heterocycles.